The van der Waals surface area contributed by atoms with E-state index in [2.05, 4.69) is 15.3 Å². The van der Waals surface area contributed by atoms with Gasteiger partial charge in [-0.3, -0.25) is 9.59 Å². The number of aromatic nitrogens is 2. The standard InChI is InChI=1S/C22H28N4O4S/c1-3-30-22(29)26-11-9-17(10-12-26)24-19(27)14-31-21-23-15(2)18(20(28)25-21)13-16-7-5-4-6-8-16/h4-8,17H,3,9-14H2,1-2H3,(H,24,27)(H,23,25,28). The van der Waals surface area contributed by atoms with E-state index >= 15 is 0 Å². The first kappa shape index (κ1) is 22.9. The third-order valence-corrected chi connectivity index (χ3v) is 6.02. The molecule has 1 aromatic carbocycles. The van der Waals surface area contributed by atoms with Crippen LogP contribution < -0.4 is 10.9 Å². The Kier molecular flexibility index (Phi) is 8.11. The number of H-pyrrole nitrogens is 1. The SMILES string of the molecule is CCOC(=O)N1CCC(NC(=O)CSc2nc(C)c(Cc3ccccc3)c(=O)[nH]2)CC1. The molecule has 1 aromatic heterocycles. The lowest BCUT2D eigenvalue weighted by atomic mass is 10.1. The molecule has 1 aliphatic heterocycles. The van der Waals surface area contributed by atoms with Crippen molar-refractivity contribution in [3.63, 3.8) is 0 Å². The summed E-state index contributed by atoms with van der Waals surface area (Å²) < 4.78 is 5.01. The number of nitrogens with zero attached hydrogens (tertiary/aromatic N) is 2. The van der Waals surface area contributed by atoms with Crippen LogP contribution in [0, 0.1) is 6.92 Å². The summed E-state index contributed by atoms with van der Waals surface area (Å²) in [6.07, 6.45) is 1.60. The van der Waals surface area contributed by atoms with Gasteiger partial charge in [0.15, 0.2) is 5.16 Å². The molecule has 0 aliphatic carbocycles. The number of thioether (sulfide) groups is 1. The van der Waals surface area contributed by atoms with E-state index in [1.807, 2.05) is 37.3 Å². The van der Waals surface area contributed by atoms with Crippen LogP contribution in [0.1, 0.15) is 36.6 Å². The number of amides is 2. The van der Waals surface area contributed by atoms with Gasteiger partial charge in [-0.25, -0.2) is 9.78 Å². The van der Waals surface area contributed by atoms with E-state index in [4.69, 9.17) is 4.74 Å². The summed E-state index contributed by atoms with van der Waals surface area (Å²) in [5.41, 5.74) is 2.17. The van der Waals surface area contributed by atoms with Crippen LogP contribution in [-0.2, 0) is 16.0 Å². The van der Waals surface area contributed by atoms with Crippen LogP contribution >= 0.6 is 11.8 Å². The lowest BCUT2D eigenvalue weighted by molar-refractivity contribution is -0.119. The van der Waals surface area contributed by atoms with E-state index in [9.17, 15) is 14.4 Å². The van der Waals surface area contributed by atoms with Crippen molar-refractivity contribution < 1.29 is 14.3 Å². The lowest BCUT2D eigenvalue weighted by Gasteiger charge is -2.31. The smallest absolute Gasteiger partial charge is 0.409 e. The minimum atomic E-state index is -0.302. The lowest BCUT2D eigenvalue weighted by Crippen LogP contribution is -2.47. The van der Waals surface area contributed by atoms with Crippen molar-refractivity contribution in [3.05, 3.63) is 57.5 Å². The number of hydrogen-bond donors (Lipinski definition) is 2. The highest BCUT2D eigenvalue weighted by atomic mass is 32.2. The summed E-state index contributed by atoms with van der Waals surface area (Å²) in [7, 11) is 0. The van der Waals surface area contributed by atoms with E-state index in [0.717, 1.165) is 5.56 Å². The van der Waals surface area contributed by atoms with Gasteiger partial charge in [0.2, 0.25) is 5.91 Å². The van der Waals surface area contributed by atoms with Gasteiger partial charge in [-0.05, 0) is 32.3 Å². The Bertz CT molecular complexity index is 956. The molecule has 9 heteroatoms. The van der Waals surface area contributed by atoms with Gasteiger partial charge in [-0.15, -0.1) is 0 Å². The number of aryl methyl sites for hydroxylation is 1. The Labute approximate surface area is 185 Å². The first-order chi connectivity index (χ1) is 15.0. The molecule has 2 N–H and O–H groups in total. The van der Waals surface area contributed by atoms with Gasteiger partial charge in [0, 0.05) is 36.8 Å². The van der Waals surface area contributed by atoms with Gasteiger partial charge in [0.1, 0.15) is 0 Å². The Morgan fingerprint density at radius 1 is 1.26 bits per heavy atom. The fourth-order valence-electron chi connectivity index (χ4n) is 3.49. The molecule has 2 amide bonds. The van der Waals surface area contributed by atoms with Crippen LogP contribution in [-0.4, -0.2) is 58.4 Å². The summed E-state index contributed by atoms with van der Waals surface area (Å²) >= 11 is 1.21. The molecular weight excluding hydrogens is 416 g/mol. The number of nitrogens with one attached hydrogen (secondary N) is 2. The minimum Gasteiger partial charge on any atom is -0.450 e. The van der Waals surface area contributed by atoms with Crippen molar-refractivity contribution in [1.82, 2.24) is 20.2 Å². The van der Waals surface area contributed by atoms with Crippen LogP contribution in [0.15, 0.2) is 40.3 Å². The van der Waals surface area contributed by atoms with Crippen LogP contribution in [0.3, 0.4) is 0 Å². The third kappa shape index (κ3) is 6.58. The Hall–Kier alpha value is -2.81. The number of rotatable bonds is 7. The van der Waals surface area contributed by atoms with Crippen molar-refractivity contribution in [2.75, 3.05) is 25.4 Å². The molecule has 0 saturated carbocycles. The Balaban J connectivity index is 1.48. The maximum atomic E-state index is 12.5. The molecule has 0 bridgehead atoms. The van der Waals surface area contributed by atoms with E-state index < -0.39 is 0 Å². The fourth-order valence-corrected chi connectivity index (χ4v) is 4.20. The maximum absolute atomic E-state index is 12.5. The molecule has 1 aliphatic rings. The molecule has 166 valence electrons. The van der Waals surface area contributed by atoms with Crippen molar-refractivity contribution in [3.8, 4) is 0 Å². The summed E-state index contributed by atoms with van der Waals surface area (Å²) in [4.78, 5) is 45.5. The van der Waals surface area contributed by atoms with Crippen molar-refractivity contribution >= 4 is 23.8 Å². The van der Waals surface area contributed by atoms with Gasteiger partial charge in [0.05, 0.1) is 12.4 Å². The second-order valence-corrected chi connectivity index (χ2v) is 8.38. The first-order valence-electron chi connectivity index (χ1n) is 10.4. The second-order valence-electron chi connectivity index (χ2n) is 7.41. The van der Waals surface area contributed by atoms with Gasteiger partial charge in [0.25, 0.3) is 5.56 Å². The van der Waals surface area contributed by atoms with E-state index in [1.165, 1.54) is 11.8 Å². The van der Waals surface area contributed by atoms with E-state index in [-0.39, 0.29) is 29.4 Å². The van der Waals surface area contributed by atoms with E-state index in [1.54, 1.807) is 11.8 Å². The molecule has 0 unspecified atom stereocenters. The summed E-state index contributed by atoms with van der Waals surface area (Å²) in [6.45, 7) is 5.08. The number of hydrogen-bond acceptors (Lipinski definition) is 6. The minimum absolute atomic E-state index is 0.0285. The number of likely N-dealkylation sites (tertiary alicyclic amines) is 1. The zero-order chi connectivity index (χ0) is 22.2. The fraction of sp³-hybridized carbons (Fsp3) is 0.455. The Morgan fingerprint density at radius 2 is 1.97 bits per heavy atom. The molecule has 1 saturated heterocycles. The molecular formula is C22H28N4O4S. The predicted octanol–water partition coefficient (Wildman–Crippen LogP) is 2.50. The number of ether oxygens (including phenoxy) is 1. The topological polar surface area (TPSA) is 104 Å². The highest BCUT2D eigenvalue weighted by molar-refractivity contribution is 7.99. The van der Waals surface area contributed by atoms with Crippen molar-refractivity contribution in [1.29, 1.82) is 0 Å². The number of aromatic amines is 1. The van der Waals surface area contributed by atoms with Gasteiger partial charge >= 0.3 is 6.09 Å². The summed E-state index contributed by atoms with van der Waals surface area (Å²) in [6, 6.07) is 9.80. The highest BCUT2D eigenvalue weighted by Gasteiger charge is 2.24. The normalized spacial score (nSPS) is 14.3. The number of carbonyl (C=O) groups excluding carboxylic acids is 2. The summed E-state index contributed by atoms with van der Waals surface area (Å²) in [5.74, 6) is 0.0478. The largest absolute Gasteiger partial charge is 0.450 e. The predicted molar refractivity (Wildman–Crippen MR) is 119 cm³/mol. The number of carbonyl (C=O) groups is 2. The number of piperidine rings is 1. The van der Waals surface area contributed by atoms with E-state index in [0.29, 0.717) is 55.4 Å². The van der Waals surface area contributed by atoms with Crippen LogP contribution in [0.25, 0.3) is 0 Å². The average Bonchev–Trinajstić information content (AvgIpc) is 2.76. The molecule has 1 fully saturated rings. The third-order valence-electron chi connectivity index (χ3n) is 5.15. The van der Waals surface area contributed by atoms with Crippen molar-refractivity contribution in [2.45, 2.75) is 44.3 Å². The number of benzene rings is 1. The summed E-state index contributed by atoms with van der Waals surface area (Å²) in [5, 5.41) is 3.43. The monoisotopic (exact) mass is 444 g/mol. The first-order valence-corrected chi connectivity index (χ1v) is 11.4. The second kappa shape index (κ2) is 11.0. The molecule has 0 radical (unpaired) electrons. The molecule has 31 heavy (non-hydrogen) atoms. The van der Waals surface area contributed by atoms with Gasteiger partial charge in [-0.1, -0.05) is 42.1 Å². The maximum Gasteiger partial charge on any atom is 0.409 e. The average molecular weight is 445 g/mol. The van der Waals surface area contributed by atoms with Gasteiger partial charge < -0.3 is 19.9 Å². The molecule has 2 heterocycles. The van der Waals surface area contributed by atoms with Crippen LogP contribution in [0.2, 0.25) is 0 Å². The highest BCUT2D eigenvalue weighted by Crippen LogP contribution is 2.16. The molecule has 8 nitrogen and oxygen atoms in total. The molecule has 0 atom stereocenters. The van der Waals surface area contributed by atoms with Gasteiger partial charge in [-0.2, -0.15) is 0 Å². The molecule has 3 rings (SSSR count). The quantitative estimate of drug-likeness (QED) is 0.502. The zero-order valence-corrected chi connectivity index (χ0v) is 18.7. The van der Waals surface area contributed by atoms with Crippen LogP contribution in [0.4, 0.5) is 4.79 Å². The van der Waals surface area contributed by atoms with Crippen LogP contribution in [0.5, 0.6) is 0 Å². The molecule has 2 aromatic rings. The zero-order valence-electron chi connectivity index (χ0n) is 17.8. The molecule has 0 spiro atoms. The van der Waals surface area contributed by atoms with Crippen molar-refractivity contribution in [2.24, 2.45) is 0 Å². The Morgan fingerprint density at radius 3 is 2.61 bits per heavy atom.